The van der Waals surface area contributed by atoms with Gasteiger partial charge in [-0.05, 0) is 49.6 Å². The second kappa shape index (κ2) is 7.67. The molecule has 0 bridgehead atoms. The van der Waals surface area contributed by atoms with Crippen LogP contribution in [0.25, 0.3) is 11.5 Å². The number of halogens is 1. The largest absolute Gasteiger partial charge is 0.441 e. The summed E-state index contributed by atoms with van der Waals surface area (Å²) in [5.41, 5.74) is 7.06. The molecule has 0 aliphatic carbocycles. The van der Waals surface area contributed by atoms with Gasteiger partial charge in [-0.25, -0.2) is 14.8 Å². The fraction of sp³-hybridized carbons (Fsp3) is 0.250. The summed E-state index contributed by atoms with van der Waals surface area (Å²) in [5.74, 6) is 1.00. The molecule has 3 aromatic rings. The van der Waals surface area contributed by atoms with Crippen LogP contribution in [0.1, 0.15) is 35.0 Å². The molecule has 1 amide bonds. The molecule has 0 radical (unpaired) electrons. The third-order valence-electron chi connectivity index (χ3n) is 5.94. The van der Waals surface area contributed by atoms with E-state index < -0.39 is 0 Å². The molecule has 0 saturated carbocycles. The number of fused-ring (bicyclic) bond motifs is 1. The van der Waals surface area contributed by atoms with Gasteiger partial charge >= 0.3 is 0 Å². The minimum atomic E-state index is -0.317. The molecule has 31 heavy (non-hydrogen) atoms. The lowest BCUT2D eigenvalue weighted by atomic mass is 10.0. The zero-order valence-electron chi connectivity index (χ0n) is 17.4. The lowest BCUT2D eigenvalue weighted by Crippen LogP contribution is -2.47. The summed E-state index contributed by atoms with van der Waals surface area (Å²) in [6, 6.07) is 14.0. The van der Waals surface area contributed by atoms with E-state index in [2.05, 4.69) is 10.4 Å². The molecule has 2 unspecified atom stereocenters. The molecule has 1 N–H and O–H groups in total. The monoisotopic (exact) mass is 418 g/mol. The lowest BCUT2D eigenvalue weighted by molar-refractivity contribution is -0.135. The number of benzene rings is 2. The maximum Gasteiger partial charge on any atom is 0.251 e. The highest BCUT2D eigenvalue weighted by Crippen LogP contribution is 2.32. The van der Waals surface area contributed by atoms with Crippen molar-refractivity contribution >= 4 is 5.91 Å². The Morgan fingerprint density at radius 1 is 1.13 bits per heavy atom. The number of aryl methyl sites for hydroxylation is 2. The number of carbonyl (C=O) groups excluding carboxylic acids is 1. The Labute approximate surface area is 180 Å². The zero-order chi connectivity index (χ0) is 21.5. The molecule has 2 aliphatic heterocycles. The summed E-state index contributed by atoms with van der Waals surface area (Å²) in [4.78, 5) is 19.5. The molecule has 2 aliphatic rings. The Balaban J connectivity index is 1.32. The van der Waals surface area contributed by atoms with Crippen LogP contribution in [-0.2, 0) is 11.3 Å². The van der Waals surface area contributed by atoms with Gasteiger partial charge in [0, 0.05) is 18.0 Å². The predicted octanol–water partition coefficient (Wildman–Crippen LogP) is 4.23. The summed E-state index contributed by atoms with van der Waals surface area (Å²) in [5, 5.41) is 1.83. The fourth-order valence-electron chi connectivity index (χ4n) is 4.14. The van der Waals surface area contributed by atoms with Crippen molar-refractivity contribution in [2.75, 3.05) is 0 Å². The molecule has 6 nitrogen and oxygen atoms in total. The molecular formula is C24H23FN4O2. The van der Waals surface area contributed by atoms with Gasteiger partial charge in [-0.1, -0.05) is 30.3 Å². The van der Waals surface area contributed by atoms with Crippen molar-refractivity contribution < 1.29 is 13.6 Å². The number of oxazole rings is 1. The van der Waals surface area contributed by atoms with Crippen LogP contribution in [0.4, 0.5) is 4.39 Å². The molecule has 1 aromatic heterocycles. The maximum atomic E-state index is 13.2. The highest BCUT2D eigenvalue weighted by Gasteiger charge is 2.40. The number of rotatable bonds is 4. The minimum Gasteiger partial charge on any atom is -0.441 e. The highest BCUT2D eigenvalue weighted by molar-refractivity contribution is 5.84. The van der Waals surface area contributed by atoms with E-state index in [1.54, 1.807) is 23.2 Å². The van der Waals surface area contributed by atoms with Crippen molar-refractivity contribution in [3.05, 3.63) is 89.3 Å². The first-order valence-electron chi connectivity index (χ1n) is 10.3. The zero-order valence-corrected chi connectivity index (χ0v) is 17.4. The smallest absolute Gasteiger partial charge is 0.251 e. The van der Waals surface area contributed by atoms with E-state index in [-0.39, 0.29) is 23.8 Å². The molecule has 3 heterocycles. The number of nitrogens with zero attached hydrogens (tertiary/aromatic N) is 3. The van der Waals surface area contributed by atoms with Crippen LogP contribution in [0.15, 0.2) is 65.3 Å². The molecule has 7 heteroatoms. The lowest BCUT2D eigenvalue weighted by Gasteiger charge is -2.31. The molecule has 158 valence electrons. The van der Waals surface area contributed by atoms with E-state index in [0.717, 1.165) is 22.4 Å². The first-order chi connectivity index (χ1) is 15.0. The Morgan fingerprint density at radius 3 is 2.68 bits per heavy atom. The molecule has 5 rings (SSSR count). The van der Waals surface area contributed by atoms with Crippen LogP contribution in [0, 0.1) is 19.7 Å². The van der Waals surface area contributed by atoms with Crippen LogP contribution in [0.5, 0.6) is 0 Å². The summed E-state index contributed by atoms with van der Waals surface area (Å²) in [6.07, 6.45) is 4.24. The van der Waals surface area contributed by atoms with Gasteiger partial charge in [0.2, 0.25) is 5.89 Å². The maximum absolute atomic E-state index is 13.2. The number of hydrazine groups is 1. The Morgan fingerprint density at radius 2 is 1.90 bits per heavy atom. The third kappa shape index (κ3) is 3.61. The SMILES string of the molecule is Cc1ccccc1-c1nc(CN2C=CN3NC(c4ccc(F)cc4)CC3C2=O)c(C)o1. The predicted molar refractivity (Wildman–Crippen MR) is 114 cm³/mol. The van der Waals surface area contributed by atoms with Crippen LogP contribution < -0.4 is 5.43 Å². The fourth-order valence-corrected chi connectivity index (χ4v) is 4.14. The van der Waals surface area contributed by atoms with Gasteiger partial charge in [0.05, 0.1) is 12.6 Å². The average molecular weight is 418 g/mol. The number of aromatic nitrogens is 1. The third-order valence-corrected chi connectivity index (χ3v) is 5.94. The first-order valence-corrected chi connectivity index (χ1v) is 10.3. The Bertz CT molecular complexity index is 1150. The van der Waals surface area contributed by atoms with Crippen LogP contribution in [0.2, 0.25) is 0 Å². The van der Waals surface area contributed by atoms with Crippen LogP contribution >= 0.6 is 0 Å². The molecule has 2 atom stereocenters. The van der Waals surface area contributed by atoms with Crippen molar-refractivity contribution in [1.29, 1.82) is 0 Å². The van der Waals surface area contributed by atoms with E-state index in [1.165, 1.54) is 12.1 Å². The van der Waals surface area contributed by atoms with Gasteiger partial charge in [0.15, 0.2) is 0 Å². The van der Waals surface area contributed by atoms with Crippen molar-refractivity contribution in [3.63, 3.8) is 0 Å². The van der Waals surface area contributed by atoms with Crippen LogP contribution in [0.3, 0.4) is 0 Å². The summed E-state index contributed by atoms with van der Waals surface area (Å²) < 4.78 is 19.1. The minimum absolute atomic E-state index is 0.000506. The number of carbonyl (C=O) groups is 1. The molecule has 0 spiro atoms. The number of hydrogen-bond donors (Lipinski definition) is 1. The number of nitrogens with one attached hydrogen (secondary N) is 1. The van der Waals surface area contributed by atoms with Crippen molar-refractivity contribution in [3.8, 4) is 11.5 Å². The van der Waals surface area contributed by atoms with Gasteiger partial charge < -0.3 is 14.3 Å². The number of amides is 1. The van der Waals surface area contributed by atoms with E-state index in [1.807, 2.05) is 49.3 Å². The standard InChI is InChI=1S/C24H23FN4O2/c1-15-5-3-4-6-19(15)23-26-21(16(2)31-23)14-28-11-12-29-22(24(28)30)13-20(27-29)17-7-9-18(25)10-8-17/h3-12,20,22,27H,13-14H2,1-2H3. The van der Waals surface area contributed by atoms with Crippen LogP contribution in [-0.4, -0.2) is 26.8 Å². The Kier molecular flexibility index (Phi) is 4.82. The highest BCUT2D eigenvalue weighted by atomic mass is 19.1. The molecule has 1 fully saturated rings. The van der Waals surface area contributed by atoms with E-state index >= 15 is 0 Å². The summed E-state index contributed by atoms with van der Waals surface area (Å²) in [7, 11) is 0. The van der Waals surface area contributed by atoms with Gasteiger partial charge in [-0.3, -0.25) is 4.79 Å². The first kappa shape index (κ1) is 19.5. The summed E-state index contributed by atoms with van der Waals surface area (Å²) >= 11 is 0. The normalized spacial score (nSPS) is 20.4. The molecule has 2 aromatic carbocycles. The topological polar surface area (TPSA) is 61.6 Å². The average Bonchev–Trinajstić information content (AvgIpc) is 3.35. The van der Waals surface area contributed by atoms with Gasteiger partial charge in [0.1, 0.15) is 23.3 Å². The molecular weight excluding hydrogens is 395 g/mol. The quantitative estimate of drug-likeness (QED) is 0.687. The van der Waals surface area contributed by atoms with Crippen molar-refractivity contribution in [1.82, 2.24) is 20.3 Å². The Hall–Kier alpha value is -3.45. The molecule has 1 saturated heterocycles. The van der Waals surface area contributed by atoms with E-state index in [9.17, 15) is 9.18 Å². The number of hydrogen-bond acceptors (Lipinski definition) is 5. The van der Waals surface area contributed by atoms with E-state index in [4.69, 9.17) is 4.42 Å². The van der Waals surface area contributed by atoms with Gasteiger partial charge in [-0.2, -0.15) is 0 Å². The van der Waals surface area contributed by atoms with Gasteiger partial charge in [0.25, 0.3) is 5.91 Å². The second-order valence-electron chi connectivity index (χ2n) is 7.99. The van der Waals surface area contributed by atoms with E-state index in [0.29, 0.717) is 24.6 Å². The van der Waals surface area contributed by atoms with Crippen molar-refractivity contribution in [2.24, 2.45) is 0 Å². The van der Waals surface area contributed by atoms with Gasteiger partial charge in [-0.15, -0.1) is 0 Å². The second-order valence-corrected chi connectivity index (χ2v) is 7.99. The van der Waals surface area contributed by atoms with Crippen molar-refractivity contribution in [2.45, 2.75) is 38.9 Å². The summed E-state index contributed by atoms with van der Waals surface area (Å²) in [6.45, 7) is 4.24.